The Bertz CT molecular complexity index is 351. The summed E-state index contributed by atoms with van der Waals surface area (Å²) in [5.74, 6) is 0.525. The average Bonchev–Trinajstić information content (AvgIpc) is 2.47. The number of nitrogens with one attached hydrogen (secondary N) is 1. The molecule has 2 saturated heterocycles. The van der Waals surface area contributed by atoms with Crippen molar-refractivity contribution in [1.82, 2.24) is 15.1 Å². The Hall–Kier alpha value is -1.10. The van der Waals surface area contributed by atoms with Gasteiger partial charge in [-0.3, -0.25) is 14.5 Å². The molecule has 0 aromatic carbocycles. The van der Waals surface area contributed by atoms with Crippen LogP contribution in [-0.2, 0) is 9.59 Å². The van der Waals surface area contributed by atoms with Crippen molar-refractivity contribution in [3.8, 4) is 0 Å². The second-order valence-corrected chi connectivity index (χ2v) is 6.10. The first-order valence-corrected chi connectivity index (χ1v) is 7.85. The first-order valence-electron chi connectivity index (χ1n) is 7.85. The number of rotatable bonds is 3. The van der Waals surface area contributed by atoms with Crippen LogP contribution in [0.2, 0.25) is 0 Å². The van der Waals surface area contributed by atoms with Gasteiger partial charge in [0.2, 0.25) is 11.8 Å². The molecule has 5 heteroatoms. The van der Waals surface area contributed by atoms with Gasteiger partial charge in [-0.1, -0.05) is 0 Å². The van der Waals surface area contributed by atoms with Crippen molar-refractivity contribution >= 4 is 11.8 Å². The minimum Gasteiger partial charge on any atom is -0.359 e. The summed E-state index contributed by atoms with van der Waals surface area (Å²) in [4.78, 5) is 28.2. The van der Waals surface area contributed by atoms with Crippen LogP contribution in [0.25, 0.3) is 0 Å². The molecule has 0 saturated carbocycles. The molecule has 2 rings (SSSR count). The molecule has 0 aromatic heterocycles. The number of likely N-dealkylation sites (tertiary alicyclic amines) is 2. The van der Waals surface area contributed by atoms with E-state index in [4.69, 9.17) is 0 Å². The van der Waals surface area contributed by atoms with Gasteiger partial charge in [-0.25, -0.2) is 0 Å². The van der Waals surface area contributed by atoms with E-state index >= 15 is 0 Å². The molecular formula is C15H27N3O2. The highest BCUT2D eigenvalue weighted by Gasteiger charge is 2.28. The Kier molecular flexibility index (Phi) is 5.40. The highest BCUT2D eigenvalue weighted by Crippen LogP contribution is 2.19. The van der Waals surface area contributed by atoms with E-state index in [1.807, 2.05) is 4.90 Å². The Balaban J connectivity index is 1.77. The van der Waals surface area contributed by atoms with Crippen LogP contribution >= 0.6 is 0 Å². The molecule has 0 spiro atoms. The molecule has 0 radical (unpaired) electrons. The summed E-state index contributed by atoms with van der Waals surface area (Å²) in [6.07, 6.45) is 5.23. The van der Waals surface area contributed by atoms with E-state index in [0.29, 0.717) is 12.6 Å². The lowest BCUT2D eigenvalue weighted by atomic mass is 9.96. The van der Waals surface area contributed by atoms with Crippen LogP contribution < -0.4 is 5.32 Å². The monoisotopic (exact) mass is 281 g/mol. The van der Waals surface area contributed by atoms with E-state index in [2.05, 4.69) is 17.1 Å². The van der Waals surface area contributed by atoms with Gasteiger partial charge in [0.1, 0.15) is 0 Å². The number of carbonyl (C=O) groups excluding carboxylic acids is 2. The van der Waals surface area contributed by atoms with Crippen LogP contribution in [0.5, 0.6) is 0 Å². The fourth-order valence-electron chi connectivity index (χ4n) is 3.31. The van der Waals surface area contributed by atoms with Gasteiger partial charge in [0.15, 0.2) is 0 Å². The highest BCUT2D eigenvalue weighted by atomic mass is 16.2. The van der Waals surface area contributed by atoms with Gasteiger partial charge in [-0.2, -0.15) is 0 Å². The second kappa shape index (κ2) is 7.07. The number of amides is 2. The lowest BCUT2D eigenvalue weighted by Gasteiger charge is -2.36. The van der Waals surface area contributed by atoms with Crippen molar-refractivity contribution in [3.05, 3.63) is 0 Å². The number of nitrogens with zero attached hydrogens (tertiary/aromatic N) is 2. The molecule has 5 nitrogen and oxygen atoms in total. The molecule has 2 aliphatic heterocycles. The van der Waals surface area contributed by atoms with Crippen molar-refractivity contribution in [2.45, 2.75) is 45.1 Å². The van der Waals surface area contributed by atoms with Crippen molar-refractivity contribution < 1.29 is 9.59 Å². The molecule has 1 atom stereocenters. The highest BCUT2D eigenvalue weighted by molar-refractivity contribution is 5.79. The lowest BCUT2D eigenvalue weighted by Crippen LogP contribution is -2.49. The van der Waals surface area contributed by atoms with E-state index in [1.54, 1.807) is 7.05 Å². The Morgan fingerprint density at radius 2 is 1.80 bits per heavy atom. The molecule has 2 amide bonds. The van der Waals surface area contributed by atoms with Gasteiger partial charge in [0, 0.05) is 25.6 Å². The fraction of sp³-hybridized carbons (Fsp3) is 0.867. The third-order valence-electron chi connectivity index (χ3n) is 4.69. The maximum Gasteiger partial charge on any atom is 0.236 e. The van der Waals surface area contributed by atoms with Gasteiger partial charge >= 0.3 is 0 Å². The minimum absolute atomic E-state index is 0.125. The third kappa shape index (κ3) is 3.72. The zero-order valence-electron chi connectivity index (χ0n) is 12.7. The van der Waals surface area contributed by atoms with Gasteiger partial charge < -0.3 is 10.2 Å². The molecule has 2 aliphatic rings. The molecule has 0 aliphatic carbocycles. The summed E-state index contributed by atoms with van der Waals surface area (Å²) in [5.41, 5.74) is 0. The van der Waals surface area contributed by atoms with Crippen molar-refractivity contribution in [2.24, 2.45) is 5.92 Å². The van der Waals surface area contributed by atoms with Crippen LogP contribution in [0.3, 0.4) is 0 Å². The maximum absolute atomic E-state index is 12.4. The topological polar surface area (TPSA) is 52.7 Å². The molecule has 114 valence electrons. The molecule has 20 heavy (non-hydrogen) atoms. The molecule has 0 bridgehead atoms. The van der Waals surface area contributed by atoms with E-state index < -0.39 is 0 Å². The molecule has 0 unspecified atom stereocenters. The van der Waals surface area contributed by atoms with Gasteiger partial charge in [-0.15, -0.1) is 0 Å². The first-order chi connectivity index (χ1) is 9.61. The SMILES string of the molecule is CNC(=O)C1CCN(CC(=O)N2CCCC[C@H]2C)CC1. The number of piperidine rings is 2. The molecule has 2 heterocycles. The number of hydrogen-bond donors (Lipinski definition) is 1. The molecule has 0 aromatic rings. The Labute approximate surface area is 121 Å². The van der Waals surface area contributed by atoms with E-state index in [9.17, 15) is 9.59 Å². The zero-order valence-corrected chi connectivity index (χ0v) is 12.7. The number of hydrogen-bond acceptors (Lipinski definition) is 3. The second-order valence-electron chi connectivity index (χ2n) is 6.10. The summed E-state index contributed by atoms with van der Waals surface area (Å²) in [6.45, 7) is 5.28. The molecule has 1 N–H and O–H groups in total. The zero-order chi connectivity index (χ0) is 14.5. The third-order valence-corrected chi connectivity index (χ3v) is 4.69. The summed E-state index contributed by atoms with van der Waals surface area (Å²) < 4.78 is 0. The quantitative estimate of drug-likeness (QED) is 0.834. The maximum atomic E-state index is 12.4. The van der Waals surface area contributed by atoms with Gasteiger partial charge in [-0.05, 0) is 52.1 Å². The first kappa shape index (κ1) is 15.3. The largest absolute Gasteiger partial charge is 0.359 e. The van der Waals surface area contributed by atoms with E-state index in [-0.39, 0.29) is 17.7 Å². The minimum atomic E-state index is 0.125. The Morgan fingerprint density at radius 1 is 1.10 bits per heavy atom. The standard InChI is InChI=1S/C15H27N3O2/c1-12-5-3-4-8-18(12)14(19)11-17-9-6-13(7-10-17)15(20)16-2/h12-13H,3-11H2,1-2H3,(H,16,20)/t12-/m1/s1. The van der Waals surface area contributed by atoms with Crippen LogP contribution in [0.4, 0.5) is 0 Å². The average molecular weight is 281 g/mol. The normalized spacial score (nSPS) is 25.5. The van der Waals surface area contributed by atoms with Crippen molar-refractivity contribution in [3.63, 3.8) is 0 Å². The predicted octanol–water partition coefficient (Wildman–Crippen LogP) is 0.845. The van der Waals surface area contributed by atoms with Crippen molar-refractivity contribution in [2.75, 3.05) is 33.2 Å². The summed E-state index contributed by atoms with van der Waals surface area (Å²) in [5, 5.41) is 2.72. The molecule has 2 fully saturated rings. The number of carbonyl (C=O) groups is 2. The summed E-state index contributed by atoms with van der Waals surface area (Å²) >= 11 is 0. The van der Waals surface area contributed by atoms with Crippen LogP contribution in [-0.4, -0.2) is 60.9 Å². The molecular weight excluding hydrogens is 254 g/mol. The van der Waals surface area contributed by atoms with Gasteiger partial charge in [0.05, 0.1) is 6.54 Å². The van der Waals surface area contributed by atoms with Crippen molar-refractivity contribution in [1.29, 1.82) is 0 Å². The van der Waals surface area contributed by atoms with Crippen LogP contribution in [0.1, 0.15) is 39.0 Å². The van der Waals surface area contributed by atoms with Gasteiger partial charge in [0.25, 0.3) is 0 Å². The van der Waals surface area contributed by atoms with Crippen LogP contribution in [0.15, 0.2) is 0 Å². The predicted molar refractivity (Wildman–Crippen MR) is 78.3 cm³/mol. The summed E-state index contributed by atoms with van der Waals surface area (Å²) in [7, 11) is 1.69. The lowest BCUT2D eigenvalue weighted by molar-refractivity contribution is -0.136. The van der Waals surface area contributed by atoms with E-state index in [0.717, 1.165) is 45.3 Å². The Morgan fingerprint density at radius 3 is 2.40 bits per heavy atom. The smallest absolute Gasteiger partial charge is 0.236 e. The van der Waals surface area contributed by atoms with Crippen LogP contribution in [0, 0.1) is 5.92 Å². The fourth-order valence-corrected chi connectivity index (χ4v) is 3.31. The summed E-state index contributed by atoms with van der Waals surface area (Å²) in [6, 6.07) is 0.389. The van der Waals surface area contributed by atoms with E-state index in [1.165, 1.54) is 6.42 Å².